The van der Waals surface area contributed by atoms with E-state index in [1.165, 1.54) is 0 Å². The molecule has 0 saturated heterocycles. The number of fused-ring (bicyclic) bond motifs is 3. The molecule has 0 heterocycles. The standard InChI is InChI=1S/C10H9N.C7H6O.C7H10/c11-10-7-3-5-8-4-1-2-6-9(8)10;8-6-7-4-2-1-3-5-7;1-2-7-4-3-6(1)5-7/h1-7H,11H2;1-6H;1-2,6-7H,3-5H2/i1D,2D,3D,4D,5D,6D,7D;1D,2D,3D,4D,5D;1D,2D,3D2,4D2,5D2,6D,7D/hD2. The Morgan fingerprint density at radius 3 is 2.27 bits per heavy atom. The number of allylic oxidation sites excluding steroid dienone is 2. The van der Waals surface area contributed by atoms with Gasteiger partial charge >= 0.3 is 0 Å². The number of nitrogens with two attached hydrogens (primary N) is 1. The second-order valence-corrected chi connectivity index (χ2v) is 4.51. The van der Waals surface area contributed by atoms with E-state index in [0.717, 1.165) is 0 Å². The van der Waals surface area contributed by atoms with Crippen LogP contribution in [-0.2, 0) is 0 Å². The van der Waals surface area contributed by atoms with E-state index in [0.29, 0.717) is 0 Å². The largest absolute Gasteiger partial charge is 0.398 e. The molecule has 3 aromatic rings. The van der Waals surface area contributed by atoms with Crippen molar-refractivity contribution in [1.82, 2.24) is 0 Å². The molecule has 1 saturated carbocycles. The maximum Gasteiger partial charge on any atom is 0.156 e. The van der Waals surface area contributed by atoms with E-state index in [1.807, 2.05) is 0 Å². The second kappa shape index (κ2) is 9.00. The van der Waals surface area contributed by atoms with Gasteiger partial charge in [0.1, 0.15) is 6.29 Å². The van der Waals surface area contributed by atoms with Crippen LogP contribution in [0.1, 0.15) is 59.6 Å². The summed E-state index contributed by atoms with van der Waals surface area (Å²) in [6.45, 7) is 0. The minimum absolute atomic E-state index is 0.0304. The highest BCUT2D eigenvalue weighted by Gasteiger charge is 2.25. The monoisotopic (exact) mass is 367 g/mol. The molecule has 0 aliphatic heterocycles. The molecule has 0 amide bonds. The highest BCUT2D eigenvalue weighted by atomic mass is 16.1. The lowest BCUT2D eigenvalue weighted by Gasteiger charge is -1.98. The predicted octanol–water partition coefficient (Wildman–Crippen LogP) is 5.89. The molecule has 5 rings (SSSR count). The summed E-state index contributed by atoms with van der Waals surface area (Å²) in [5, 5.41) is -0.511. The van der Waals surface area contributed by atoms with Gasteiger partial charge in [0, 0.05) is 27.6 Å². The van der Waals surface area contributed by atoms with Gasteiger partial charge in [-0.15, -0.1) is 0 Å². The van der Waals surface area contributed by atoms with Gasteiger partial charge in [0.2, 0.25) is 0 Å². The maximum atomic E-state index is 10.4. The fraction of sp³-hybridized carbons (Fsp3) is 0.208. The van der Waals surface area contributed by atoms with Crippen LogP contribution in [-0.4, -0.2) is 6.29 Å². The summed E-state index contributed by atoms with van der Waals surface area (Å²) >= 11 is 0. The number of nitrogen functional groups attached to an aromatic ring is 1. The highest BCUT2D eigenvalue weighted by molar-refractivity contribution is 5.92. The third-order valence-corrected chi connectivity index (χ3v) is 2.80. The predicted molar refractivity (Wildman–Crippen MR) is 110 cm³/mol. The number of rotatable bonds is 2. The summed E-state index contributed by atoms with van der Waals surface area (Å²) < 4.78 is 181. The Kier molecular flexibility index (Phi) is 1.62. The Hall–Kier alpha value is -2.87. The van der Waals surface area contributed by atoms with Gasteiger partial charge in [0.15, 0.2) is 2.82 Å². The minimum Gasteiger partial charge on any atom is -0.398 e. The van der Waals surface area contributed by atoms with Crippen molar-refractivity contribution in [1.29, 1.82) is 0 Å². The van der Waals surface area contributed by atoms with Crippen molar-refractivity contribution in [3.05, 3.63) is 90.2 Å². The SMILES string of the molecule is [2H]C1=C([2H])C2([2H])C([2H])([2H])C([2H])([2H])C1([2H])C2([2H])[2H].[2H]c1c([2H])c([2H])c(C=O)c([2H])c1[2H].[2H]c1c([2H])c([2H])c2c(N([2H])[2H])c([2H])c([2H])c([2H])c2c1[2H]. The van der Waals surface area contributed by atoms with Gasteiger partial charge in [-0.25, -0.2) is 0 Å². The molecular formula is C24H25NO. The number of hydrogen-bond donors (Lipinski definition) is 1. The molecule has 2 unspecified atom stereocenters. The van der Waals surface area contributed by atoms with E-state index in [9.17, 15) is 4.79 Å². The van der Waals surface area contributed by atoms with Crippen molar-refractivity contribution < 1.29 is 37.8 Å². The van der Waals surface area contributed by atoms with Crippen LogP contribution in [0, 0.1) is 11.8 Å². The fourth-order valence-electron chi connectivity index (χ4n) is 1.68. The van der Waals surface area contributed by atoms with Crippen LogP contribution in [0.5, 0.6) is 0 Å². The van der Waals surface area contributed by atoms with Gasteiger partial charge < -0.3 is 5.72 Å². The number of anilines is 1. The smallest absolute Gasteiger partial charge is 0.156 e. The zero-order valence-corrected chi connectivity index (χ0v) is 12.9. The van der Waals surface area contributed by atoms with Gasteiger partial charge in [0.25, 0.3) is 0 Å². The summed E-state index contributed by atoms with van der Waals surface area (Å²) in [4.78, 5) is 10.4. The molecule has 26 heavy (non-hydrogen) atoms. The lowest BCUT2D eigenvalue weighted by atomic mass is 10.1. The Bertz CT molecular complexity index is 1900. The second-order valence-electron chi connectivity index (χ2n) is 4.51. The van der Waals surface area contributed by atoms with Crippen molar-refractivity contribution in [2.75, 3.05) is 5.72 Å². The lowest BCUT2D eigenvalue weighted by molar-refractivity contribution is 0.112. The highest BCUT2D eigenvalue weighted by Crippen LogP contribution is 2.38. The quantitative estimate of drug-likeness (QED) is 0.348. The number of aldehydes is 1. The molecule has 2 bridgehead atoms. The normalized spacial score (nSPS) is 44.5. The van der Waals surface area contributed by atoms with Crippen molar-refractivity contribution >= 4 is 22.7 Å². The molecule has 132 valence electrons. The van der Waals surface area contributed by atoms with E-state index in [-0.39, 0.29) is 28.3 Å². The Labute approximate surface area is 189 Å². The van der Waals surface area contributed by atoms with Crippen LogP contribution >= 0.6 is 0 Å². The van der Waals surface area contributed by atoms with E-state index in [1.54, 1.807) is 0 Å². The molecule has 3 aromatic carbocycles. The molecule has 2 aliphatic rings. The van der Waals surface area contributed by atoms with Crippen molar-refractivity contribution in [3.8, 4) is 0 Å². The first-order valence-corrected chi connectivity index (χ1v) is 7.00. The van der Waals surface area contributed by atoms with Gasteiger partial charge in [-0.2, -0.15) is 0 Å². The van der Waals surface area contributed by atoms with Crippen LogP contribution < -0.4 is 5.72 Å². The van der Waals surface area contributed by atoms with Crippen molar-refractivity contribution in [2.24, 2.45) is 11.8 Å². The number of benzene rings is 3. The zero-order valence-electron chi connectivity index (χ0n) is 36.9. The van der Waals surface area contributed by atoms with Crippen LogP contribution in [0.4, 0.5) is 5.69 Å². The van der Waals surface area contributed by atoms with Gasteiger partial charge in [-0.1, -0.05) is 78.6 Å². The Morgan fingerprint density at radius 1 is 0.962 bits per heavy atom. The Balaban J connectivity index is 0.000000208. The third-order valence-electron chi connectivity index (χ3n) is 2.80. The summed E-state index contributed by atoms with van der Waals surface area (Å²) in [7, 11) is 0. The molecule has 0 spiro atoms. The minimum atomic E-state index is -3.03. The maximum absolute atomic E-state index is 10.4. The van der Waals surface area contributed by atoms with Gasteiger partial charge in [0.05, 0.1) is 19.2 Å². The number of carbonyl (C=O) groups is 1. The van der Waals surface area contributed by atoms with Crippen LogP contribution in [0.25, 0.3) is 10.8 Å². The first kappa shape index (κ1) is 4.69. The molecular weight excluding hydrogens is 318 g/mol. The molecule has 2 heteroatoms. The summed E-state index contributed by atoms with van der Waals surface area (Å²) in [6, 6.07) is -8.10. The summed E-state index contributed by atoms with van der Waals surface area (Å²) in [5.41, 5.74) is -0.707. The summed E-state index contributed by atoms with van der Waals surface area (Å²) in [6.07, 6.45) is -8.76. The first-order chi connectivity index (χ1) is 22.5. The first-order valence-electron chi connectivity index (χ1n) is 18.9. The average Bonchev–Trinajstić information content (AvgIpc) is 3.19. The van der Waals surface area contributed by atoms with Crippen LogP contribution in [0.2, 0.25) is 2.82 Å². The van der Waals surface area contributed by atoms with E-state index in [2.05, 4.69) is 0 Å². The van der Waals surface area contributed by atoms with E-state index < -0.39 is 121 Å². The lowest BCUT2D eigenvalue weighted by Crippen LogP contribution is -1.84. The average molecular weight is 368 g/mol. The van der Waals surface area contributed by atoms with Gasteiger partial charge in [-0.3, -0.25) is 4.79 Å². The number of carbonyl (C=O) groups excluding carboxylic acids is 1. The molecule has 1 fully saturated rings. The van der Waals surface area contributed by atoms with E-state index >= 15 is 0 Å². The molecule has 0 aromatic heterocycles. The van der Waals surface area contributed by atoms with Crippen molar-refractivity contribution in [2.45, 2.75) is 19.1 Å². The van der Waals surface area contributed by atoms with Gasteiger partial charge in [-0.05, 0) is 42.3 Å². The molecule has 2 nitrogen and oxygen atoms in total. The molecule has 0 radical (unpaired) electrons. The van der Waals surface area contributed by atoms with E-state index in [4.69, 9.17) is 33.0 Å². The fourth-order valence-corrected chi connectivity index (χ4v) is 1.68. The third kappa shape index (κ3) is 4.82. The number of hydrogen-bond acceptors (Lipinski definition) is 2. The van der Waals surface area contributed by atoms with Crippen molar-refractivity contribution in [3.63, 3.8) is 0 Å². The molecule has 2 aliphatic carbocycles. The molecule has 2 atom stereocenters. The Morgan fingerprint density at radius 2 is 1.62 bits per heavy atom. The molecule has 2 N–H and O–H groups in total. The van der Waals surface area contributed by atoms with Crippen LogP contribution in [0.3, 0.4) is 0 Å². The van der Waals surface area contributed by atoms with Crippen LogP contribution in [0.15, 0.2) is 84.6 Å². The topological polar surface area (TPSA) is 43.1 Å². The zero-order chi connectivity index (χ0) is 39.2. The summed E-state index contributed by atoms with van der Waals surface area (Å²) in [5.74, 6) is -5.72.